The Hall–Kier alpha value is -2.33. The zero-order valence-corrected chi connectivity index (χ0v) is 13.4. The van der Waals surface area contributed by atoms with E-state index in [9.17, 15) is 13.2 Å². The van der Waals surface area contributed by atoms with Crippen molar-refractivity contribution in [2.75, 3.05) is 19.3 Å². The fourth-order valence-corrected chi connectivity index (χ4v) is 2.56. The van der Waals surface area contributed by atoms with Gasteiger partial charge in [0.2, 0.25) is 15.9 Å². The zero-order chi connectivity index (χ0) is 16.7. The van der Waals surface area contributed by atoms with Gasteiger partial charge in [-0.2, -0.15) is 0 Å². The number of nitrogens with zero attached hydrogens (tertiary/aromatic N) is 4. The molecule has 9 nitrogen and oxygen atoms in total. The first kappa shape index (κ1) is 17.0. The number of nitrogens with one attached hydrogen (secondary N) is 2. The van der Waals surface area contributed by atoms with Crippen LogP contribution >= 0.6 is 0 Å². The molecule has 2 aromatic rings. The van der Waals surface area contributed by atoms with E-state index in [4.69, 9.17) is 0 Å². The van der Waals surface area contributed by atoms with E-state index in [0.29, 0.717) is 6.42 Å². The number of sulfonamides is 1. The Balaban J connectivity index is 2.04. The van der Waals surface area contributed by atoms with Crippen LogP contribution in [0.3, 0.4) is 0 Å². The van der Waals surface area contributed by atoms with Crippen LogP contribution in [-0.2, 0) is 21.2 Å². The van der Waals surface area contributed by atoms with Gasteiger partial charge in [0.05, 0.1) is 5.75 Å². The third-order valence-electron chi connectivity index (χ3n) is 3.24. The summed E-state index contributed by atoms with van der Waals surface area (Å²) in [6.45, 7) is 0.00935. The fourth-order valence-electron chi connectivity index (χ4n) is 1.98. The summed E-state index contributed by atoms with van der Waals surface area (Å²) in [5.74, 6) is -0.532. The predicted octanol–water partition coefficient (Wildman–Crippen LogP) is -0.878. The SMILES string of the molecule is CNS(=O)(=O)CCNC(=O)[C@H](Cc1ccccc1)n1cnnn1. The minimum Gasteiger partial charge on any atom is -0.353 e. The van der Waals surface area contributed by atoms with Crippen molar-refractivity contribution >= 4 is 15.9 Å². The molecule has 0 bridgehead atoms. The molecule has 0 spiro atoms. The molecule has 1 aromatic carbocycles. The summed E-state index contributed by atoms with van der Waals surface area (Å²) in [5.41, 5.74) is 0.950. The largest absolute Gasteiger partial charge is 0.353 e. The Morgan fingerprint density at radius 1 is 1.30 bits per heavy atom. The van der Waals surface area contributed by atoms with Crippen LogP contribution in [0.2, 0.25) is 0 Å². The average Bonchev–Trinajstić information content (AvgIpc) is 3.07. The first-order valence-electron chi connectivity index (χ1n) is 6.97. The van der Waals surface area contributed by atoms with Crippen molar-refractivity contribution < 1.29 is 13.2 Å². The molecule has 0 unspecified atom stereocenters. The van der Waals surface area contributed by atoms with Gasteiger partial charge in [0.15, 0.2) is 0 Å². The third-order valence-corrected chi connectivity index (χ3v) is 4.60. The summed E-state index contributed by atoms with van der Waals surface area (Å²) in [6, 6.07) is 8.79. The highest BCUT2D eigenvalue weighted by Gasteiger charge is 2.22. The minimum absolute atomic E-state index is 0.00935. The van der Waals surface area contributed by atoms with Gasteiger partial charge in [0, 0.05) is 13.0 Å². The highest BCUT2D eigenvalue weighted by Crippen LogP contribution is 2.13. The second-order valence-corrected chi connectivity index (χ2v) is 6.86. The van der Waals surface area contributed by atoms with Crippen LogP contribution < -0.4 is 10.0 Å². The van der Waals surface area contributed by atoms with E-state index < -0.39 is 16.1 Å². The van der Waals surface area contributed by atoms with Crippen molar-refractivity contribution in [3.05, 3.63) is 42.2 Å². The molecule has 1 aromatic heterocycles. The van der Waals surface area contributed by atoms with Crippen LogP contribution in [0.1, 0.15) is 11.6 Å². The van der Waals surface area contributed by atoms with E-state index in [2.05, 4.69) is 25.6 Å². The van der Waals surface area contributed by atoms with Crippen molar-refractivity contribution in [3.63, 3.8) is 0 Å². The lowest BCUT2D eigenvalue weighted by Crippen LogP contribution is -2.38. The number of carbonyl (C=O) groups is 1. The summed E-state index contributed by atoms with van der Waals surface area (Å²) < 4.78 is 26.3. The smallest absolute Gasteiger partial charge is 0.245 e. The molecule has 10 heteroatoms. The quantitative estimate of drug-likeness (QED) is 0.645. The summed E-state index contributed by atoms with van der Waals surface area (Å²) in [6.07, 6.45) is 1.76. The average molecular weight is 338 g/mol. The first-order chi connectivity index (χ1) is 11.0. The van der Waals surface area contributed by atoms with Crippen LogP contribution in [-0.4, -0.2) is 53.9 Å². The van der Waals surface area contributed by atoms with Gasteiger partial charge in [0.1, 0.15) is 12.4 Å². The summed E-state index contributed by atoms with van der Waals surface area (Å²) in [4.78, 5) is 12.4. The van der Waals surface area contributed by atoms with Gasteiger partial charge in [-0.1, -0.05) is 30.3 Å². The van der Waals surface area contributed by atoms with E-state index >= 15 is 0 Å². The standard InChI is InChI=1S/C13H18N6O3S/c1-14-23(21,22)8-7-15-13(20)12(19-10-16-17-18-19)9-11-5-3-2-4-6-11/h2-6,10,12,14H,7-9H2,1H3,(H,15,20)/t12-/m0/s1. The van der Waals surface area contributed by atoms with Crippen molar-refractivity contribution in [2.45, 2.75) is 12.5 Å². The Morgan fingerprint density at radius 2 is 2.04 bits per heavy atom. The maximum atomic E-state index is 12.4. The minimum atomic E-state index is -3.37. The van der Waals surface area contributed by atoms with Gasteiger partial charge < -0.3 is 5.32 Å². The molecule has 0 radical (unpaired) electrons. The maximum Gasteiger partial charge on any atom is 0.245 e. The van der Waals surface area contributed by atoms with Gasteiger partial charge in [-0.3, -0.25) is 4.79 Å². The Kier molecular flexibility index (Phi) is 5.77. The molecule has 1 atom stereocenters. The number of hydrogen-bond donors (Lipinski definition) is 2. The van der Waals surface area contributed by atoms with Gasteiger partial charge in [-0.25, -0.2) is 17.8 Å². The molecule has 0 aliphatic carbocycles. The number of rotatable bonds is 8. The fraction of sp³-hybridized carbons (Fsp3) is 0.385. The normalized spacial score (nSPS) is 12.7. The van der Waals surface area contributed by atoms with Crippen LogP contribution in [0.25, 0.3) is 0 Å². The molecule has 0 fully saturated rings. The van der Waals surface area contributed by atoms with Crippen molar-refractivity contribution in [3.8, 4) is 0 Å². The molecule has 0 aliphatic rings. The monoisotopic (exact) mass is 338 g/mol. The van der Waals surface area contributed by atoms with E-state index in [-0.39, 0.29) is 18.2 Å². The number of tetrazole rings is 1. The summed E-state index contributed by atoms with van der Waals surface area (Å²) >= 11 is 0. The predicted molar refractivity (Wildman–Crippen MR) is 82.9 cm³/mol. The molecule has 23 heavy (non-hydrogen) atoms. The number of amides is 1. The molecule has 0 saturated carbocycles. The molecule has 124 valence electrons. The first-order valence-corrected chi connectivity index (χ1v) is 8.62. The third kappa shape index (κ3) is 5.11. The Labute approximate surface area is 134 Å². The van der Waals surface area contributed by atoms with E-state index in [1.807, 2.05) is 30.3 Å². The Bertz CT molecular complexity index is 717. The van der Waals surface area contributed by atoms with Crippen LogP contribution in [0.5, 0.6) is 0 Å². The molecule has 1 heterocycles. The number of carbonyl (C=O) groups excluding carboxylic acids is 1. The van der Waals surface area contributed by atoms with Gasteiger partial charge in [-0.15, -0.1) is 5.10 Å². The van der Waals surface area contributed by atoms with Crippen LogP contribution in [0, 0.1) is 0 Å². The van der Waals surface area contributed by atoms with Crippen molar-refractivity contribution in [1.29, 1.82) is 0 Å². The second-order valence-electron chi connectivity index (χ2n) is 4.81. The van der Waals surface area contributed by atoms with Gasteiger partial charge >= 0.3 is 0 Å². The lowest BCUT2D eigenvalue weighted by molar-refractivity contribution is -0.124. The van der Waals surface area contributed by atoms with Crippen LogP contribution in [0.15, 0.2) is 36.7 Å². The zero-order valence-electron chi connectivity index (χ0n) is 12.6. The maximum absolute atomic E-state index is 12.4. The van der Waals surface area contributed by atoms with Crippen LogP contribution in [0.4, 0.5) is 0 Å². The number of hydrogen-bond acceptors (Lipinski definition) is 6. The molecule has 1 amide bonds. The Morgan fingerprint density at radius 3 is 2.65 bits per heavy atom. The van der Waals surface area contributed by atoms with Gasteiger partial charge in [0.25, 0.3) is 0 Å². The molecule has 0 saturated heterocycles. The molecular formula is C13H18N6O3S. The van der Waals surface area contributed by atoms with E-state index in [0.717, 1.165) is 5.56 Å². The topological polar surface area (TPSA) is 119 Å². The van der Waals surface area contributed by atoms with Gasteiger partial charge in [-0.05, 0) is 23.0 Å². The summed E-state index contributed by atoms with van der Waals surface area (Å²) in [7, 11) is -2.04. The molecule has 0 aliphatic heterocycles. The molecule has 2 rings (SSSR count). The lowest BCUT2D eigenvalue weighted by atomic mass is 10.1. The van der Waals surface area contributed by atoms with E-state index in [1.54, 1.807) is 0 Å². The summed E-state index contributed by atoms with van der Waals surface area (Å²) in [5, 5.41) is 13.5. The van der Waals surface area contributed by atoms with Crippen molar-refractivity contribution in [1.82, 2.24) is 30.2 Å². The molecular weight excluding hydrogens is 320 g/mol. The highest BCUT2D eigenvalue weighted by atomic mass is 32.2. The van der Waals surface area contributed by atoms with Crippen molar-refractivity contribution in [2.24, 2.45) is 0 Å². The molecule has 2 N–H and O–H groups in total. The second kappa shape index (κ2) is 7.79. The lowest BCUT2D eigenvalue weighted by Gasteiger charge is -2.16. The van der Waals surface area contributed by atoms with E-state index in [1.165, 1.54) is 18.1 Å². The number of benzene rings is 1. The highest BCUT2D eigenvalue weighted by molar-refractivity contribution is 7.89. The number of aromatic nitrogens is 4.